The van der Waals surface area contributed by atoms with E-state index in [0.717, 1.165) is 12.0 Å². The molecule has 0 fully saturated rings. The van der Waals surface area contributed by atoms with E-state index in [9.17, 15) is 9.59 Å². The second-order valence-corrected chi connectivity index (χ2v) is 6.97. The first-order valence-corrected chi connectivity index (χ1v) is 9.44. The summed E-state index contributed by atoms with van der Waals surface area (Å²) < 4.78 is 0. The van der Waals surface area contributed by atoms with Crippen molar-refractivity contribution in [1.29, 1.82) is 0 Å². The van der Waals surface area contributed by atoms with E-state index in [1.807, 2.05) is 19.1 Å². The number of amides is 2. The summed E-state index contributed by atoms with van der Waals surface area (Å²) in [4.78, 5) is 24.5. The average Bonchev–Trinajstić information content (AvgIpc) is 2.70. The maximum atomic E-state index is 12.4. The van der Waals surface area contributed by atoms with Crippen molar-refractivity contribution in [2.75, 3.05) is 13.1 Å². The van der Waals surface area contributed by atoms with Crippen molar-refractivity contribution >= 4 is 11.8 Å². The van der Waals surface area contributed by atoms with Gasteiger partial charge >= 0.3 is 0 Å². The molecule has 0 aliphatic carbocycles. The number of rotatable bonds is 8. The lowest BCUT2D eigenvalue weighted by Gasteiger charge is -2.15. The lowest BCUT2D eigenvalue weighted by atomic mass is 9.99. The molecule has 0 bridgehead atoms. The first kappa shape index (κ1) is 20.6. The molecule has 2 amide bonds. The highest BCUT2D eigenvalue weighted by molar-refractivity contribution is 5.99. The van der Waals surface area contributed by atoms with E-state index in [0.29, 0.717) is 30.1 Å². The van der Waals surface area contributed by atoms with Crippen LogP contribution >= 0.6 is 0 Å². The Hall–Kier alpha value is -2.66. The lowest BCUT2D eigenvalue weighted by molar-refractivity contribution is 0.0951. The van der Waals surface area contributed by atoms with Gasteiger partial charge in [0, 0.05) is 30.3 Å². The first-order valence-electron chi connectivity index (χ1n) is 9.44. The molecule has 2 rings (SSSR count). The molecule has 0 aromatic heterocycles. The smallest absolute Gasteiger partial charge is 0.251 e. The zero-order valence-corrected chi connectivity index (χ0v) is 16.3. The summed E-state index contributed by atoms with van der Waals surface area (Å²) >= 11 is 0. The van der Waals surface area contributed by atoms with Gasteiger partial charge in [0.2, 0.25) is 0 Å². The highest BCUT2D eigenvalue weighted by Gasteiger charge is 2.12. The Morgan fingerprint density at radius 2 is 1.48 bits per heavy atom. The predicted octanol–water partition coefficient (Wildman–Crippen LogP) is 3.38. The Kier molecular flexibility index (Phi) is 7.55. The third kappa shape index (κ3) is 5.93. The average molecular weight is 367 g/mol. The third-order valence-corrected chi connectivity index (χ3v) is 4.44. The van der Waals surface area contributed by atoms with Crippen LogP contribution in [0.1, 0.15) is 71.0 Å². The van der Waals surface area contributed by atoms with Crippen molar-refractivity contribution < 1.29 is 9.59 Å². The Morgan fingerprint density at radius 3 is 2.04 bits per heavy atom. The van der Waals surface area contributed by atoms with Crippen LogP contribution in [0.15, 0.2) is 48.5 Å². The van der Waals surface area contributed by atoms with Gasteiger partial charge in [-0.25, -0.2) is 0 Å². The molecule has 4 N–H and O–H groups in total. The summed E-state index contributed by atoms with van der Waals surface area (Å²) in [5.74, 6) is 0.0552. The summed E-state index contributed by atoms with van der Waals surface area (Å²) in [7, 11) is 0. The van der Waals surface area contributed by atoms with Crippen LogP contribution < -0.4 is 16.4 Å². The molecule has 1 atom stereocenters. The normalized spacial score (nSPS) is 11.9. The monoisotopic (exact) mass is 367 g/mol. The van der Waals surface area contributed by atoms with E-state index in [1.54, 1.807) is 24.3 Å². The molecular formula is C22H29N3O2. The van der Waals surface area contributed by atoms with Gasteiger partial charge in [-0.3, -0.25) is 9.59 Å². The van der Waals surface area contributed by atoms with Gasteiger partial charge in [-0.05, 0) is 41.7 Å². The minimum atomic E-state index is -0.286. The zero-order valence-electron chi connectivity index (χ0n) is 16.3. The first-order chi connectivity index (χ1) is 12.9. The fourth-order valence-corrected chi connectivity index (χ4v) is 2.69. The SMILES string of the molecule is CCCNC(=O)c1cccc(C(=O)NCC(N)c2ccc(C(C)C)cc2)c1. The molecular weight excluding hydrogens is 338 g/mol. The second kappa shape index (κ2) is 9.88. The lowest BCUT2D eigenvalue weighted by Crippen LogP contribution is -2.32. The van der Waals surface area contributed by atoms with Crippen LogP contribution in [0.4, 0.5) is 0 Å². The van der Waals surface area contributed by atoms with E-state index in [2.05, 4.69) is 36.6 Å². The van der Waals surface area contributed by atoms with Gasteiger partial charge in [-0.2, -0.15) is 0 Å². The Bertz CT molecular complexity index is 769. The van der Waals surface area contributed by atoms with Crippen LogP contribution in [0.25, 0.3) is 0 Å². The van der Waals surface area contributed by atoms with Crippen LogP contribution in [0.3, 0.4) is 0 Å². The van der Waals surface area contributed by atoms with Gasteiger partial charge in [0.25, 0.3) is 11.8 Å². The molecule has 0 heterocycles. The summed E-state index contributed by atoms with van der Waals surface area (Å²) in [6, 6.07) is 14.6. The van der Waals surface area contributed by atoms with Gasteiger partial charge in [-0.15, -0.1) is 0 Å². The van der Waals surface area contributed by atoms with Crippen molar-refractivity contribution in [3.8, 4) is 0 Å². The summed E-state index contributed by atoms with van der Waals surface area (Å²) in [6.45, 7) is 7.22. The molecule has 2 aromatic rings. The Balaban J connectivity index is 1.95. The van der Waals surface area contributed by atoms with Gasteiger partial charge in [0.1, 0.15) is 0 Å². The number of hydrogen-bond acceptors (Lipinski definition) is 3. The van der Waals surface area contributed by atoms with Crippen molar-refractivity contribution in [2.45, 2.75) is 39.2 Å². The second-order valence-electron chi connectivity index (χ2n) is 6.97. The third-order valence-electron chi connectivity index (χ3n) is 4.44. The molecule has 27 heavy (non-hydrogen) atoms. The Morgan fingerprint density at radius 1 is 0.926 bits per heavy atom. The standard InChI is InChI=1S/C22H29N3O2/c1-4-12-24-21(26)18-6-5-7-19(13-18)22(27)25-14-20(23)17-10-8-16(9-11-17)15(2)3/h5-11,13,15,20H,4,12,14,23H2,1-3H3,(H,24,26)(H,25,27). The van der Waals surface area contributed by atoms with E-state index in [-0.39, 0.29) is 17.9 Å². The molecule has 5 heteroatoms. The quantitative estimate of drug-likeness (QED) is 0.669. The number of carbonyl (C=O) groups excluding carboxylic acids is 2. The maximum absolute atomic E-state index is 12.4. The van der Waals surface area contributed by atoms with Crippen LogP contribution in [0, 0.1) is 0 Å². The fraction of sp³-hybridized carbons (Fsp3) is 0.364. The highest BCUT2D eigenvalue weighted by Crippen LogP contribution is 2.17. The summed E-state index contributed by atoms with van der Waals surface area (Å²) in [5, 5.41) is 5.66. The molecule has 2 aromatic carbocycles. The maximum Gasteiger partial charge on any atom is 0.251 e. The fourth-order valence-electron chi connectivity index (χ4n) is 2.69. The molecule has 0 aliphatic heterocycles. The largest absolute Gasteiger partial charge is 0.352 e. The van der Waals surface area contributed by atoms with E-state index >= 15 is 0 Å². The highest BCUT2D eigenvalue weighted by atomic mass is 16.2. The van der Waals surface area contributed by atoms with Crippen molar-refractivity contribution in [1.82, 2.24) is 10.6 Å². The Labute approximate surface area is 161 Å². The van der Waals surface area contributed by atoms with E-state index < -0.39 is 0 Å². The van der Waals surface area contributed by atoms with Crippen LogP contribution in [-0.4, -0.2) is 24.9 Å². The number of hydrogen-bond donors (Lipinski definition) is 3. The van der Waals surface area contributed by atoms with E-state index in [1.165, 1.54) is 5.56 Å². The predicted molar refractivity (Wildman–Crippen MR) is 109 cm³/mol. The molecule has 0 saturated heterocycles. The number of nitrogens with one attached hydrogen (secondary N) is 2. The zero-order chi connectivity index (χ0) is 19.8. The van der Waals surface area contributed by atoms with Crippen molar-refractivity contribution in [3.63, 3.8) is 0 Å². The topological polar surface area (TPSA) is 84.2 Å². The van der Waals surface area contributed by atoms with Crippen molar-refractivity contribution in [2.24, 2.45) is 5.73 Å². The summed E-state index contributed by atoms with van der Waals surface area (Å²) in [6.07, 6.45) is 0.863. The minimum absolute atomic E-state index is 0.173. The van der Waals surface area contributed by atoms with E-state index in [4.69, 9.17) is 5.73 Å². The van der Waals surface area contributed by atoms with Crippen LogP contribution in [0.5, 0.6) is 0 Å². The molecule has 1 unspecified atom stereocenters. The van der Waals surface area contributed by atoms with Gasteiger partial charge < -0.3 is 16.4 Å². The number of carbonyl (C=O) groups is 2. The minimum Gasteiger partial charge on any atom is -0.352 e. The molecule has 0 spiro atoms. The molecule has 144 valence electrons. The summed E-state index contributed by atoms with van der Waals surface area (Å²) in [5.41, 5.74) is 9.36. The molecule has 0 aliphatic rings. The van der Waals surface area contributed by atoms with Crippen molar-refractivity contribution in [3.05, 3.63) is 70.8 Å². The van der Waals surface area contributed by atoms with Crippen LogP contribution in [0.2, 0.25) is 0 Å². The van der Waals surface area contributed by atoms with Gasteiger partial charge in [0.05, 0.1) is 0 Å². The molecule has 0 radical (unpaired) electrons. The van der Waals surface area contributed by atoms with Crippen LogP contribution in [-0.2, 0) is 0 Å². The van der Waals surface area contributed by atoms with Gasteiger partial charge in [-0.1, -0.05) is 51.1 Å². The van der Waals surface area contributed by atoms with Gasteiger partial charge in [0.15, 0.2) is 0 Å². The molecule has 5 nitrogen and oxygen atoms in total. The molecule has 0 saturated carbocycles. The number of nitrogens with two attached hydrogens (primary N) is 1. The number of benzene rings is 2.